The van der Waals surface area contributed by atoms with Gasteiger partial charge in [-0.15, -0.1) is 0 Å². The molecule has 0 radical (unpaired) electrons. The van der Waals surface area contributed by atoms with Crippen LogP contribution in [-0.2, 0) is 4.79 Å². The summed E-state index contributed by atoms with van der Waals surface area (Å²) in [6.07, 6.45) is -0.777. The Morgan fingerprint density at radius 1 is 1.44 bits per heavy atom. The van der Waals surface area contributed by atoms with E-state index in [9.17, 15) is 20.0 Å². The molecule has 0 amide bonds. The van der Waals surface area contributed by atoms with Gasteiger partial charge in [-0.05, 0) is 18.6 Å². The van der Waals surface area contributed by atoms with Crippen LogP contribution in [0.3, 0.4) is 0 Å². The molecule has 0 fully saturated rings. The minimum absolute atomic E-state index is 0.0751. The number of nitrogens with zero attached hydrogens (tertiary/aromatic N) is 1. The molecule has 86 valence electrons. The number of benzene rings is 1. The van der Waals surface area contributed by atoms with E-state index in [4.69, 9.17) is 4.74 Å². The summed E-state index contributed by atoms with van der Waals surface area (Å²) in [6.45, 7) is 1.64. The first kappa shape index (κ1) is 12.0. The van der Waals surface area contributed by atoms with Crippen molar-refractivity contribution >= 4 is 11.7 Å². The van der Waals surface area contributed by atoms with E-state index in [1.807, 2.05) is 0 Å². The van der Waals surface area contributed by atoms with Crippen LogP contribution >= 0.6 is 0 Å². The van der Waals surface area contributed by atoms with Crippen LogP contribution in [0.5, 0.6) is 5.75 Å². The standard InChI is InChI=1S/C10H11NO5/c1-2-9(10(12)13)16-8-5-3-7(4-6-8)11(14)15/h3-6,9H,2H2,1H3,(H,12,13)/p-1/t9-/m0/s1. The van der Waals surface area contributed by atoms with Crippen molar-refractivity contribution in [2.24, 2.45) is 0 Å². The molecular formula is C10H10NO5-. The number of carbonyl (C=O) groups excluding carboxylic acids is 1. The second kappa shape index (κ2) is 5.11. The zero-order valence-corrected chi connectivity index (χ0v) is 8.58. The highest BCUT2D eigenvalue weighted by molar-refractivity contribution is 5.70. The average Bonchev–Trinajstić information content (AvgIpc) is 2.26. The number of hydrogen-bond donors (Lipinski definition) is 0. The maximum Gasteiger partial charge on any atom is 0.269 e. The first-order valence-corrected chi connectivity index (χ1v) is 4.66. The number of aliphatic carboxylic acids is 1. The molecule has 16 heavy (non-hydrogen) atoms. The molecule has 0 unspecified atom stereocenters. The van der Waals surface area contributed by atoms with Gasteiger partial charge in [-0.25, -0.2) is 0 Å². The Labute approximate surface area is 91.6 Å². The van der Waals surface area contributed by atoms with E-state index < -0.39 is 17.0 Å². The predicted octanol–water partition coefficient (Wildman–Crippen LogP) is 0.502. The lowest BCUT2D eigenvalue weighted by Gasteiger charge is -2.17. The minimum atomic E-state index is -1.30. The Bertz CT molecular complexity index is 387. The van der Waals surface area contributed by atoms with Crippen molar-refractivity contribution in [2.75, 3.05) is 0 Å². The van der Waals surface area contributed by atoms with Crippen molar-refractivity contribution in [3.05, 3.63) is 34.4 Å². The molecule has 0 N–H and O–H groups in total. The maximum absolute atomic E-state index is 10.6. The first-order valence-electron chi connectivity index (χ1n) is 4.66. The molecule has 6 nitrogen and oxygen atoms in total. The molecule has 1 atom stereocenters. The molecule has 0 bridgehead atoms. The fraction of sp³-hybridized carbons (Fsp3) is 0.300. The summed E-state index contributed by atoms with van der Waals surface area (Å²) in [4.78, 5) is 20.4. The largest absolute Gasteiger partial charge is 0.546 e. The second-order valence-electron chi connectivity index (χ2n) is 3.08. The molecule has 0 aliphatic rings. The molecule has 0 aliphatic carbocycles. The van der Waals surface area contributed by atoms with Gasteiger partial charge in [0, 0.05) is 12.1 Å². The van der Waals surface area contributed by atoms with Gasteiger partial charge in [0.2, 0.25) is 0 Å². The van der Waals surface area contributed by atoms with Crippen LogP contribution in [0.25, 0.3) is 0 Å². The van der Waals surface area contributed by atoms with Crippen LogP contribution in [0.4, 0.5) is 5.69 Å². The number of nitro groups is 1. The highest BCUT2D eigenvalue weighted by Crippen LogP contribution is 2.18. The molecule has 0 aliphatic heterocycles. The molecule has 0 saturated carbocycles. The van der Waals surface area contributed by atoms with Crippen molar-refractivity contribution < 1.29 is 19.6 Å². The molecule has 0 spiro atoms. The van der Waals surface area contributed by atoms with Gasteiger partial charge in [0.25, 0.3) is 5.69 Å². The summed E-state index contributed by atoms with van der Waals surface area (Å²) in [6, 6.07) is 5.20. The average molecular weight is 224 g/mol. The van der Waals surface area contributed by atoms with Gasteiger partial charge >= 0.3 is 0 Å². The molecule has 0 heterocycles. The van der Waals surface area contributed by atoms with Gasteiger partial charge in [-0.1, -0.05) is 6.92 Å². The molecule has 1 aromatic rings. The van der Waals surface area contributed by atoms with E-state index >= 15 is 0 Å². The van der Waals surface area contributed by atoms with E-state index in [-0.39, 0.29) is 17.9 Å². The summed E-state index contributed by atoms with van der Waals surface area (Å²) in [7, 11) is 0. The molecule has 0 aromatic heterocycles. The third-order valence-electron chi connectivity index (χ3n) is 1.96. The fourth-order valence-electron chi connectivity index (χ4n) is 1.11. The SMILES string of the molecule is CC[C@H](Oc1ccc([N+](=O)[O-])cc1)C(=O)[O-]. The van der Waals surface area contributed by atoms with Gasteiger partial charge in [0.1, 0.15) is 11.9 Å². The lowest BCUT2D eigenvalue weighted by atomic mass is 10.2. The zero-order valence-electron chi connectivity index (χ0n) is 8.58. The molecular weight excluding hydrogens is 214 g/mol. The lowest BCUT2D eigenvalue weighted by molar-refractivity contribution is -0.384. The highest BCUT2D eigenvalue weighted by Gasteiger charge is 2.10. The quantitative estimate of drug-likeness (QED) is 0.536. The second-order valence-corrected chi connectivity index (χ2v) is 3.08. The van der Waals surface area contributed by atoms with Gasteiger partial charge < -0.3 is 14.6 Å². The van der Waals surface area contributed by atoms with Gasteiger partial charge in [0.15, 0.2) is 0 Å². The van der Waals surface area contributed by atoms with E-state index in [1.165, 1.54) is 24.3 Å². The van der Waals surface area contributed by atoms with E-state index in [2.05, 4.69) is 0 Å². The summed E-state index contributed by atoms with van der Waals surface area (Å²) in [5.74, 6) is -1.04. The number of carbonyl (C=O) groups is 1. The number of hydrogen-bond acceptors (Lipinski definition) is 5. The number of ether oxygens (including phenoxy) is 1. The summed E-state index contributed by atoms with van der Waals surface area (Å²) in [5, 5.41) is 20.9. The fourth-order valence-corrected chi connectivity index (χ4v) is 1.11. The van der Waals surface area contributed by atoms with E-state index in [0.29, 0.717) is 0 Å². The number of non-ortho nitro benzene ring substituents is 1. The van der Waals surface area contributed by atoms with Gasteiger partial charge in [-0.2, -0.15) is 0 Å². The smallest absolute Gasteiger partial charge is 0.269 e. The van der Waals surface area contributed by atoms with Crippen LogP contribution < -0.4 is 9.84 Å². The van der Waals surface area contributed by atoms with Crippen LogP contribution in [0.15, 0.2) is 24.3 Å². The predicted molar refractivity (Wildman–Crippen MR) is 52.8 cm³/mol. The normalized spacial score (nSPS) is 11.8. The minimum Gasteiger partial charge on any atom is -0.546 e. The summed E-state index contributed by atoms with van der Waals surface area (Å²) >= 11 is 0. The Morgan fingerprint density at radius 3 is 2.38 bits per heavy atom. The number of carboxylic acids is 1. The maximum atomic E-state index is 10.6. The molecule has 1 aromatic carbocycles. The highest BCUT2D eigenvalue weighted by atomic mass is 16.6. The number of carboxylic acid groups (broad SMARTS) is 1. The van der Waals surface area contributed by atoms with Crippen LogP contribution in [0, 0.1) is 10.1 Å². The van der Waals surface area contributed by atoms with Crippen LogP contribution in [-0.4, -0.2) is 17.0 Å². The molecule has 1 rings (SSSR count). The van der Waals surface area contributed by atoms with E-state index in [1.54, 1.807) is 6.92 Å². The van der Waals surface area contributed by atoms with Crippen molar-refractivity contribution in [3.8, 4) is 5.75 Å². The van der Waals surface area contributed by atoms with E-state index in [0.717, 1.165) is 0 Å². The third kappa shape index (κ3) is 2.94. The number of nitro benzene ring substituents is 1. The topological polar surface area (TPSA) is 92.5 Å². The van der Waals surface area contributed by atoms with Gasteiger partial charge in [-0.3, -0.25) is 10.1 Å². The monoisotopic (exact) mass is 224 g/mol. The molecule has 6 heteroatoms. The van der Waals surface area contributed by atoms with Crippen LogP contribution in [0.1, 0.15) is 13.3 Å². The van der Waals surface area contributed by atoms with Crippen molar-refractivity contribution in [1.82, 2.24) is 0 Å². The van der Waals surface area contributed by atoms with Crippen LogP contribution in [0.2, 0.25) is 0 Å². The third-order valence-corrected chi connectivity index (χ3v) is 1.96. The summed E-state index contributed by atoms with van der Waals surface area (Å²) < 4.78 is 5.08. The Balaban J connectivity index is 2.75. The van der Waals surface area contributed by atoms with Crippen molar-refractivity contribution in [3.63, 3.8) is 0 Å². The Hall–Kier alpha value is -2.11. The number of rotatable bonds is 5. The Morgan fingerprint density at radius 2 is 2.00 bits per heavy atom. The Kier molecular flexibility index (Phi) is 3.82. The zero-order chi connectivity index (χ0) is 12.1. The van der Waals surface area contributed by atoms with Crippen molar-refractivity contribution in [2.45, 2.75) is 19.4 Å². The summed E-state index contributed by atoms with van der Waals surface area (Å²) in [5.41, 5.74) is -0.0751. The van der Waals surface area contributed by atoms with Gasteiger partial charge in [0.05, 0.1) is 10.9 Å². The first-order chi connectivity index (χ1) is 7.54. The van der Waals surface area contributed by atoms with Crippen molar-refractivity contribution in [1.29, 1.82) is 0 Å². The lowest BCUT2D eigenvalue weighted by Crippen LogP contribution is -2.39. The molecule has 0 saturated heterocycles.